The zero-order chi connectivity index (χ0) is 18.0. The first-order valence-electron chi connectivity index (χ1n) is 8.15. The first-order chi connectivity index (χ1) is 11.9. The Morgan fingerprint density at radius 3 is 2.52 bits per heavy atom. The third kappa shape index (κ3) is 3.22. The Hall–Kier alpha value is -2.82. The second-order valence-electron chi connectivity index (χ2n) is 6.55. The molecule has 0 bridgehead atoms. The molecule has 2 aromatic rings. The minimum atomic E-state index is -0.788. The van der Waals surface area contributed by atoms with Crippen molar-refractivity contribution in [3.8, 4) is 11.5 Å². The highest BCUT2D eigenvalue weighted by molar-refractivity contribution is 6.05. The number of methoxy groups -OCH3 is 1. The maximum atomic E-state index is 12.8. The fourth-order valence-corrected chi connectivity index (χ4v) is 2.82. The van der Waals surface area contributed by atoms with E-state index in [-0.39, 0.29) is 18.3 Å². The first kappa shape index (κ1) is 17.0. The standard InChI is InChI=1S/C20H21NO4/c1-20(2,13-8-10-14(24-3)11-9-13)19(23)21-16-12-25-17-7-5-4-6-15(17)18(16)22/h4-11,16H,12H2,1-3H3,(H,21,23). The molecule has 1 unspecified atom stereocenters. The molecule has 25 heavy (non-hydrogen) atoms. The molecule has 0 spiro atoms. The van der Waals surface area contributed by atoms with E-state index in [1.807, 2.05) is 44.2 Å². The van der Waals surface area contributed by atoms with Gasteiger partial charge in [-0.15, -0.1) is 0 Å². The van der Waals surface area contributed by atoms with Gasteiger partial charge in [0, 0.05) is 0 Å². The van der Waals surface area contributed by atoms with Gasteiger partial charge >= 0.3 is 0 Å². The van der Waals surface area contributed by atoms with Gasteiger partial charge in [-0.05, 0) is 43.7 Å². The Morgan fingerprint density at radius 2 is 1.84 bits per heavy atom. The second kappa shape index (κ2) is 6.59. The van der Waals surface area contributed by atoms with Crippen LogP contribution in [-0.2, 0) is 10.2 Å². The van der Waals surface area contributed by atoms with Crippen molar-refractivity contribution in [3.05, 3.63) is 59.7 Å². The van der Waals surface area contributed by atoms with Crippen molar-refractivity contribution in [2.45, 2.75) is 25.3 Å². The summed E-state index contributed by atoms with van der Waals surface area (Å²) in [7, 11) is 1.60. The van der Waals surface area contributed by atoms with Gasteiger partial charge in [0.05, 0.1) is 18.1 Å². The summed E-state index contributed by atoms with van der Waals surface area (Å²) in [5, 5.41) is 2.83. The van der Waals surface area contributed by atoms with E-state index in [9.17, 15) is 9.59 Å². The summed E-state index contributed by atoms with van der Waals surface area (Å²) >= 11 is 0. The summed E-state index contributed by atoms with van der Waals surface area (Å²) in [5.41, 5.74) is 0.556. The molecule has 0 saturated carbocycles. The van der Waals surface area contributed by atoms with E-state index in [2.05, 4.69) is 5.32 Å². The lowest BCUT2D eigenvalue weighted by molar-refractivity contribution is -0.126. The van der Waals surface area contributed by atoms with Gasteiger partial charge < -0.3 is 14.8 Å². The van der Waals surface area contributed by atoms with Gasteiger partial charge in [-0.25, -0.2) is 0 Å². The lowest BCUT2D eigenvalue weighted by Gasteiger charge is -2.29. The minimum Gasteiger partial charge on any atom is -0.497 e. The Labute approximate surface area is 147 Å². The Bertz CT molecular complexity index is 796. The Morgan fingerprint density at radius 1 is 1.16 bits per heavy atom. The van der Waals surface area contributed by atoms with Crippen LogP contribution < -0.4 is 14.8 Å². The van der Waals surface area contributed by atoms with Crippen molar-refractivity contribution in [2.24, 2.45) is 0 Å². The number of carbonyl (C=O) groups excluding carboxylic acids is 2. The van der Waals surface area contributed by atoms with Gasteiger partial charge in [-0.1, -0.05) is 24.3 Å². The van der Waals surface area contributed by atoms with Crippen LogP contribution in [0.5, 0.6) is 11.5 Å². The number of carbonyl (C=O) groups is 2. The van der Waals surface area contributed by atoms with Crippen LogP contribution in [0.2, 0.25) is 0 Å². The van der Waals surface area contributed by atoms with Crippen LogP contribution in [0.4, 0.5) is 0 Å². The fraction of sp³-hybridized carbons (Fsp3) is 0.300. The maximum Gasteiger partial charge on any atom is 0.230 e. The van der Waals surface area contributed by atoms with Crippen LogP contribution in [0.25, 0.3) is 0 Å². The number of para-hydroxylation sites is 1. The number of hydrogen-bond donors (Lipinski definition) is 1. The van der Waals surface area contributed by atoms with Crippen molar-refractivity contribution in [1.82, 2.24) is 5.32 Å². The van der Waals surface area contributed by atoms with Gasteiger partial charge in [0.15, 0.2) is 5.78 Å². The van der Waals surface area contributed by atoms with E-state index < -0.39 is 11.5 Å². The summed E-state index contributed by atoms with van der Waals surface area (Å²) in [5.74, 6) is 0.944. The molecule has 2 aromatic carbocycles. The zero-order valence-electron chi connectivity index (χ0n) is 14.5. The molecule has 0 aromatic heterocycles. The predicted molar refractivity (Wildman–Crippen MR) is 94.2 cm³/mol. The Balaban J connectivity index is 1.76. The molecule has 1 aliphatic heterocycles. The summed E-state index contributed by atoms with van der Waals surface area (Å²) in [6, 6.07) is 13.7. The summed E-state index contributed by atoms with van der Waals surface area (Å²) < 4.78 is 10.8. The normalized spacial score (nSPS) is 16.6. The van der Waals surface area contributed by atoms with Crippen molar-refractivity contribution in [1.29, 1.82) is 0 Å². The van der Waals surface area contributed by atoms with Gasteiger partial charge in [0.25, 0.3) is 0 Å². The molecule has 130 valence electrons. The van der Waals surface area contributed by atoms with Crippen LogP contribution in [0.3, 0.4) is 0 Å². The highest BCUT2D eigenvalue weighted by Crippen LogP contribution is 2.27. The molecule has 1 aliphatic rings. The molecule has 0 saturated heterocycles. The molecule has 1 amide bonds. The molecule has 0 aliphatic carbocycles. The molecule has 3 rings (SSSR count). The van der Waals surface area contributed by atoms with Crippen LogP contribution in [-0.4, -0.2) is 31.4 Å². The lowest BCUT2D eigenvalue weighted by Crippen LogP contribution is -2.52. The molecule has 1 heterocycles. The highest BCUT2D eigenvalue weighted by atomic mass is 16.5. The van der Waals surface area contributed by atoms with Crippen molar-refractivity contribution < 1.29 is 19.1 Å². The molecular formula is C20H21NO4. The SMILES string of the molecule is COc1ccc(C(C)(C)C(=O)NC2COc3ccccc3C2=O)cc1. The monoisotopic (exact) mass is 339 g/mol. The van der Waals surface area contributed by atoms with Crippen LogP contribution in [0.15, 0.2) is 48.5 Å². The number of ether oxygens (including phenoxy) is 2. The van der Waals surface area contributed by atoms with Crippen LogP contribution >= 0.6 is 0 Å². The first-order valence-corrected chi connectivity index (χ1v) is 8.15. The largest absolute Gasteiger partial charge is 0.497 e. The number of Topliss-reactive ketones (excluding diaryl/α,β-unsaturated/α-hetero) is 1. The predicted octanol–water partition coefficient (Wildman–Crippen LogP) is 2.73. The minimum absolute atomic E-state index is 0.124. The van der Waals surface area contributed by atoms with Crippen molar-refractivity contribution in [2.75, 3.05) is 13.7 Å². The number of nitrogens with one attached hydrogen (secondary N) is 1. The van der Waals surface area contributed by atoms with Gasteiger partial charge in [-0.3, -0.25) is 9.59 Å². The highest BCUT2D eigenvalue weighted by Gasteiger charge is 2.35. The topological polar surface area (TPSA) is 64.6 Å². The van der Waals surface area contributed by atoms with Crippen molar-refractivity contribution >= 4 is 11.7 Å². The molecule has 1 atom stereocenters. The molecule has 0 radical (unpaired) electrons. The number of fused-ring (bicyclic) bond motifs is 1. The number of benzene rings is 2. The summed E-state index contributed by atoms with van der Waals surface area (Å²) in [6.45, 7) is 3.79. The average molecular weight is 339 g/mol. The molecule has 5 nitrogen and oxygen atoms in total. The zero-order valence-corrected chi connectivity index (χ0v) is 14.5. The van der Waals surface area contributed by atoms with Gasteiger partial charge in [-0.2, -0.15) is 0 Å². The summed E-state index contributed by atoms with van der Waals surface area (Å²) in [4.78, 5) is 25.4. The second-order valence-corrected chi connectivity index (χ2v) is 6.55. The summed E-state index contributed by atoms with van der Waals surface area (Å²) in [6.07, 6.45) is 0. The molecule has 0 fully saturated rings. The smallest absolute Gasteiger partial charge is 0.230 e. The third-order valence-electron chi connectivity index (χ3n) is 4.56. The van der Waals surface area contributed by atoms with Crippen LogP contribution in [0.1, 0.15) is 29.8 Å². The lowest BCUT2D eigenvalue weighted by atomic mass is 9.83. The van der Waals surface area contributed by atoms with E-state index >= 15 is 0 Å². The van der Waals surface area contributed by atoms with E-state index in [0.29, 0.717) is 11.3 Å². The van der Waals surface area contributed by atoms with Crippen molar-refractivity contribution in [3.63, 3.8) is 0 Å². The number of hydrogen-bond acceptors (Lipinski definition) is 4. The molecule has 5 heteroatoms. The number of amides is 1. The van der Waals surface area contributed by atoms with E-state index in [4.69, 9.17) is 9.47 Å². The quantitative estimate of drug-likeness (QED) is 0.930. The number of ketones is 1. The third-order valence-corrected chi connectivity index (χ3v) is 4.56. The van der Waals surface area contributed by atoms with E-state index in [0.717, 1.165) is 11.3 Å². The maximum absolute atomic E-state index is 12.8. The van der Waals surface area contributed by atoms with E-state index in [1.54, 1.807) is 25.3 Å². The molecular weight excluding hydrogens is 318 g/mol. The number of rotatable bonds is 4. The van der Waals surface area contributed by atoms with Gasteiger partial charge in [0.1, 0.15) is 24.1 Å². The molecule has 1 N–H and O–H groups in total. The van der Waals surface area contributed by atoms with E-state index in [1.165, 1.54) is 0 Å². The average Bonchev–Trinajstić information content (AvgIpc) is 2.64. The Kier molecular flexibility index (Phi) is 4.49. The van der Waals surface area contributed by atoms with Gasteiger partial charge in [0.2, 0.25) is 5.91 Å². The fourth-order valence-electron chi connectivity index (χ4n) is 2.82. The van der Waals surface area contributed by atoms with Crippen LogP contribution in [0, 0.1) is 0 Å².